The second-order valence-electron chi connectivity index (χ2n) is 10.1. The van der Waals surface area contributed by atoms with Crippen molar-refractivity contribution in [1.29, 1.82) is 0 Å². The molecule has 214 valence electrons. The van der Waals surface area contributed by atoms with Crippen molar-refractivity contribution in [3.8, 4) is 0 Å². The van der Waals surface area contributed by atoms with Crippen LogP contribution in [0.2, 0.25) is 0 Å². The van der Waals surface area contributed by atoms with Crippen LogP contribution in [-0.4, -0.2) is 55.3 Å². The number of amides is 2. The van der Waals surface area contributed by atoms with Gasteiger partial charge in [-0.05, 0) is 73.9 Å². The summed E-state index contributed by atoms with van der Waals surface area (Å²) in [5.74, 6) is -1.72. The van der Waals surface area contributed by atoms with E-state index in [1.165, 1.54) is 26.4 Å². The predicted molar refractivity (Wildman–Crippen MR) is 154 cm³/mol. The number of benzene rings is 1. The Balaban J connectivity index is 2.76. The van der Waals surface area contributed by atoms with Crippen molar-refractivity contribution in [2.24, 2.45) is 0 Å². The van der Waals surface area contributed by atoms with Crippen molar-refractivity contribution in [1.82, 2.24) is 10.6 Å². The fourth-order valence-corrected chi connectivity index (χ4v) is 3.94. The monoisotopic (exact) mass is 646 g/mol. The topological polar surface area (TPSA) is 120 Å². The first kappa shape index (κ1) is 33.7. The fraction of sp³-hybridized carbons (Fsp3) is 0.643. The molecule has 0 aliphatic heterocycles. The number of rotatable bonds is 16. The van der Waals surface area contributed by atoms with Gasteiger partial charge in [0.05, 0.1) is 13.7 Å². The molecule has 10 heteroatoms. The summed E-state index contributed by atoms with van der Waals surface area (Å²) in [5.41, 5.74) is 0.0628. The maximum atomic E-state index is 13.2. The van der Waals surface area contributed by atoms with E-state index in [2.05, 4.69) is 40.1 Å². The first-order valence-corrected chi connectivity index (χ1v) is 14.3. The highest BCUT2D eigenvalue weighted by Gasteiger charge is 2.29. The Hall–Kier alpha value is -2.37. The van der Waals surface area contributed by atoms with E-state index in [1.54, 1.807) is 20.8 Å². The van der Waals surface area contributed by atoms with Crippen LogP contribution in [0.5, 0.6) is 0 Å². The maximum absolute atomic E-state index is 13.2. The molecule has 0 fully saturated rings. The van der Waals surface area contributed by atoms with Crippen LogP contribution < -0.4 is 10.6 Å². The van der Waals surface area contributed by atoms with Crippen LogP contribution >= 0.6 is 22.6 Å². The van der Waals surface area contributed by atoms with Gasteiger partial charge in [0, 0.05) is 16.4 Å². The van der Waals surface area contributed by atoms with E-state index in [0.29, 0.717) is 6.61 Å². The number of carbonyl (C=O) groups excluding carboxylic acids is 4. The molecule has 0 radical (unpaired) electrons. The summed E-state index contributed by atoms with van der Waals surface area (Å²) in [7, 11) is 1.21. The van der Waals surface area contributed by atoms with E-state index < -0.39 is 41.6 Å². The van der Waals surface area contributed by atoms with Crippen molar-refractivity contribution in [3.63, 3.8) is 0 Å². The zero-order valence-electron chi connectivity index (χ0n) is 23.3. The molecule has 0 bridgehead atoms. The fourth-order valence-electron chi connectivity index (χ4n) is 3.58. The molecule has 0 unspecified atom stereocenters. The Bertz CT molecular complexity index is 884. The SMILES string of the molecule is CCCCCCCCOC(=O)CC[C@@H](NC(=O)[C@H](Cc1ccc(I)cc1)NC(=O)OC(C)(C)C)C(=O)OC. The first-order chi connectivity index (χ1) is 17.9. The van der Waals surface area contributed by atoms with Crippen LogP contribution in [0, 0.1) is 3.57 Å². The van der Waals surface area contributed by atoms with Gasteiger partial charge in [-0.15, -0.1) is 0 Å². The van der Waals surface area contributed by atoms with Gasteiger partial charge in [0.2, 0.25) is 5.91 Å². The minimum Gasteiger partial charge on any atom is -0.467 e. The molecule has 1 aromatic carbocycles. The molecule has 0 spiro atoms. The lowest BCUT2D eigenvalue weighted by Gasteiger charge is -2.25. The molecule has 0 aliphatic carbocycles. The molecule has 0 aromatic heterocycles. The van der Waals surface area contributed by atoms with Crippen LogP contribution in [-0.2, 0) is 35.0 Å². The minimum atomic E-state index is -1.08. The summed E-state index contributed by atoms with van der Waals surface area (Å²) in [6, 6.07) is 5.41. The number of carbonyl (C=O) groups is 4. The van der Waals surface area contributed by atoms with E-state index in [9.17, 15) is 19.2 Å². The van der Waals surface area contributed by atoms with Gasteiger partial charge in [-0.2, -0.15) is 0 Å². The third kappa shape index (κ3) is 15.1. The lowest BCUT2D eigenvalue weighted by atomic mass is 10.0. The Morgan fingerprint density at radius 2 is 1.55 bits per heavy atom. The van der Waals surface area contributed by atoms with Gasteiger partial charge in [0.25, 0.3) is 0 Å². The zero-order valence-corrected chi connectivity index (χ0v) is 25.4. The van der Waals surface area contributed by atoms with E-state index in [-0.39, 0.29) is 19.3 Å². The number of hydrogen-bond donors (Lipinski definition) is 2. The Labute approximate surface area is 240 Å². The van der Waals surface area contributed by atoms with Crippen LogP contribution in [0.25, 0.3) is 0 Å². The summed E-state index contributed by atoms with van der Waals surface area (Å²) in [5, 5.41) is 5.22. The van der Waals surface area contributed by atoms with Crippen LogP contribution in [0.4, 0.5) is 4.79 Å². The quantitative estimate of drug-likeness (QED) is 0.111. The molecule has 2 N–H and O–H groups in total. The number of hydrogen-bond acceptors (Lipinski definition) is 7. The van der Waals surface area contributed by atoms with Crippen molar-refractivity contribution >= 4 is 46.5 Å². The molecule has 0 heterocycles. The summed E-state index contributed by atoms with van der Waals surface area (Å²) in [6.45, 7) is 7.66. The van der Waals surface area contributed by atoms with E-state index >= 15 is 0 Å². The van der Waals surface area contributed by atoms with Gasteiger partial charge in [-0.3, -0.25) is 9.59 Å². The maximum Gasteiger partial charge on any atom is 0.408 e. The molecule has 1 rings (SSSR count). The average molecular weight is 647 g/mol. The largest absolute Gasteiger partial charge is 0.467 e. The van der Waals surface area contributed by atoms with E-state index in [4.69, 9.17) is 14.2 Å². The van der Waals surface area contributed by atoms with Gasteiger partial charge in [0.1, 0.15) is 17.7 Å². The molecular formula is C28H43IN2O7. The normalized spacial score (nSPS) is 12.7. The van der Waals surface area contributed by atoms with E-state index in [0.717, 1.165) is 28.4 Å². The molecule has 2 atom stereocenters. The molecule has 0 saturated heterocycles. The molecule has 9 nitrogen and oxygen atoms in total. The Kier molecular flexibility index (Phi) is 16.0. The van der Waals surface area contributed by atoms with Crippen molar-refractivity contribution in [2.75, 3.05) is 13.7 Å². The summed E-state index contributed by atoms with van der Waals surface area (Å²) < 4.78 is 16.5. The number of ether oxygens (including phenoxy) is 3. The number of nitrogens with one attached hydrogen (secondary N) is 2. The van der Waals surface area contributed by atoms with Gasteiger partial charge in [0.15, 0.2) is 0 Å². The number of alkyl carbamates (subject to hydrolysis) is 1. The highest BCUT2D eigenvalue weighted by Crippen LogP contribution is 2.12. The molecule has 2 amide bonds. The second-order valence-corrected chi connectivity index (χ2v) is 11.4. The third-order valence-electron chi connectivity index (χ3n) is 5.56. The average Bonchev–Trinajstić information content (AvgIpc) is 2.85. The third-order valence-corrected chi connectivity index (χ3v) is 6.28. The van der Waals surface area contributed by atoms with Crippen LogP contribution in [0.1, 0.15) is 84.6 Å². The summed E-state index contributed by atoms with van der Waals surface area (Å²) in [4.78, 5) is 50.2. The minimum absolute atomic E-state index is 0.0104. The molecule has 38 heavy (non-hydrogen) atoms. The van der Waals surface area contributed by atoms with Gasteiger partial charge in [-0.1, -0.05) is 51.2 Å². The van der Waals surface area contributed by atoms with Crippen molar-refractivity contribution < 1.29 is 33.4 Å². The van der Waals surface area contributed by atoms with E-state index in [1.807, 2.05) is 24.3 Å². The van der Waals surface area contributed by atoms with Crippen molar-refractivity contribution in [2.45, 2.75) is 103 Å². The Morgan fingerprint density at radius 3 is 2.16 bits per heavy atom. The molecule has 0 saturated carbocycles. The lowest BCUT2D eigenvalue weighted by molar-refractivity contribution is -0.147. The molecular weight excluding hydrogens is 603 g/mol. The second kappa shape index (κ2) is 18.0. The lowest BCUT2D eigenvalue weighted by Crippen LogP contribution is -2.53. The summed E-state index contributed by atoms with van der Waals surface area (Å²) >= 11 is 2.18. The van der Waals surface area contributed by atoms with Crippen LogP contribution in [0.3, 0.4) is 0 Å². The highest BCUT2D eigenvalue weighted by atomic mass is 127. The number of halogens is 1. The molecule has 0 aliphatic rings. The smallest absolute Gasteiger partial charge is 0.408 e. The zero-order chi connectivity index (χ0) is 28.6. The number of esters is 2. The summed E-state index contributed by atoms with van der Waals surface area (Å²) in [6.07, 6.45) is 5.85. The number of methoxy groups -OCH3 is 1. The highest BCUT2D eigenvalue weighted by molar-refractivity contribution is 14.1. The predicted octanol–water partition coefficient (Wildman–Crippen LogP) is 5.07. The first-order valence-electron chi connectivity index (χ1n) is 13.2. The van der Waals surface area contributed by atoms with Crippen LogP contribution in [0.15, 0.2) is 24.3 Å². The number of unbranched alkanes of at least 4 members (excludes halogenated alkanes) is 5. The standard InChI is InChI=1S/C28H43IN2O7/c1-6-7-8-9-10-11-18-37-24(32)17-16-22(26(34)36-5)30-25(33)23(31-27(35)38-28(2,3)4)19-20-12-14-21(29)15-13-20/h12-15,22-23H,6-11,16-19H2,1-5H3,(H,30,33)(H,31,35)/t22-,23+/m1/s1. The van der Waals surface area contributed by atoms with Crippen molar-refractivity contribution in [3.05, 3.63) is 33.4 Å². The Morgan fingerprint density at radius 1 is 0.921 bits per heavy atom. The van der Waals surface area contributed by atoms with Gasteiger partial charge in [-0.25, -0.2) is 9.59 Å². The molecule has 1 aromatic rings. The van der Waals surface area contributed by atoms with Gasteiger partial charge >= 0.3 is 18.0 Å². The van der Waals surface area contributed by atoms with Gasteiger partial charge < -0.3 is 24.8 Å².